The molecule has 0 heterocycles. The fourth-order valence-corrected chi connectivity index (χ4v) is 3.10. The molecule has 1 aromatic rings. The molecule has 1 aliphatic rings. The first-order valence-corrected chi connectivity index (χ1v) is 9.10. The van der Waals surface area contributed by atoms with Crippen LogP contribution in [0.3, 0.4) is 0 Å². The lowest BCUT2D eigenvalue weighted by atomic mass is 9.79. The molecule has 26 heavy (non-hydrogen) atoms. The molecule has 1 unspecified atom stereocenters. The maximum atomic E-state index is 12.5. The highest BCUT2D eigenvalue weighted by atomic mass is 16.6. The molecule has 0 bridgehead atoms. The molecule has 1 aliphatic carbocycles. The molecule has 6 heteroatoms. The van der Waals surface area contributed by atoms with Crippen LogP contribution < -0.4 is 0 Å². The van der Waals surface area contributed by atoms with Crippen LogP contribution in [-0.4, -0.2) is 30.6 Å². The third-order valence-electron chi connectivity index (χ3n) is 4.51. The Bertz CT molecular complexity index is 612. The van der Waals surface area contributed by atoms with E-state index in [4.69, 9.17) is 14.2 Å². The van der Waals surface area contributed by atoms with E-state index in [0.717, 1.165) is 18.4 Å². The van der Waals surface area contributed by atoms with Crippen LogP contribution in [0, 0.1) is 11.8 Å². The van der Waals surface area contributed by atoms with Gasteiger partial charge in [-0.05, 0) is 32.3 Å². The Kier molecular flexibility index (Phi) is 7.63. The number of carbonyl (C=O) groups is 3. The zero-order valence-electron chi connectivity index (χ0n) is 15.3. The van der Waals surface area contributed by atoms with Gasteiger partial charge in [0.1, 0.15) is 6.61 Å². The van der Waals surface area contributed by atoms with Crippen molar-refractivity contribution in [2.24, 2.45) is 11.8 Å². The van der Waals surface area contributed by atoms with E-state index >= 15 is 0 Å². The van der Waals surface area contributed by atoms with Gasteiger partial charge in [-0.25, -0.2) is 4.79 Å². The molecule has 0 amide bonds. The van der Waals surface area contributed by atoms with Gasteiger partial charge in [-0.1, -0.05) is 43.2 Å². The average molecular weight is 362 g/mol. The Balaban J connectivity index is 1.94. The van der Waals surface area contributed by atoms with Crippen molar-refractivity contribution in [2.45, 2.75) is 52.2 Å². The summed E-state index contributed by atoms with van der Waals surface area (Å²) < 4.78 is 15.5. The lowest BCUT2D eigenvalue weighted by Gasteiger charge is -2.29. The van der Waals surface area contributed by atoms with Gasteiger partial charge in [0.2, 0.25) is 0 Å². The van der Waals surface area contributed by atoms with Crippen LogP contribution in [0.15, 0.2) is 30.3 Å². The summed E-state index contributed by atoms with van der Waals surface area (Å²) in [5.41, 5.74) is 0.895. The normalized spacial score (nSPS) is 20.7. The zero-order chi connectivity index (χ0) is 18.9. The number of rotatable bonds is 7. The van der Waals surface area contributed by atoms with E-state index in [1.54, 1.807) is 6.92 Å². The van der Waals surface area contributed by atoms with Gasteiger partial charge in [0.05, 0.1) is 18.4 Å². The SMILES string of the molecule is CCOC(=O)C(C)OC(=O)[C@@H]1CCCC[C@@H]1C(=O)OCc1ccccc1. The minimum Gasteiger partial charge on any atom is -0.463 e. The fourth-order valence-electron chi connectivity index (χ4n) is 3.10. The lowest BCUT2D eigenvalue weighted by Crippen LogP contribution is -2.37. The quantitative estimate of drug-likeness (QED) is 0.548. The second-order valence-electron chi connectivity index (χ2n) is 6.42. The first kappa shape index (κ1) is 19.9. The molecule has 142 valence electrons. The highest BCUT2D eigenvalue weighted by molar-refractivity contribution is 5.84. The lowest BCUT2D eigenvalue weighted by molar-refractivity contribution is -0.174. The Hall–Kier alpha value is -2.37. The largest absolute Gasteiger partial charge is 0.463 e. The van der Waals surface area contributed by atoms with Gasteiger partial charge < -0.3 is 14.2 Å². The highest BCUT2D eigenvalue weighted by Gasteiger charge is 2.39. The van der Waals surface area contributed by atoms with E-state index in [-0.39, 0.29) is 19.2 Å². The monoisotopic (exact) mass is 362 g/mol. The summed E-state index contributed by atoms with van der Waals surface area (Å²) in [7, 11) is 0. The van der Waals surface area contributed by atoms with Crippen molar-refractivity contribution >= 4 is 17.9 Å². The molecular weight excluding hydrogens is 336 g/mol. The topological polar surface area (TPSA) is 78.9 Å². The molecule has 0 radical (unpaired) electrons. The first-order chi connectivity index (χ1) is 12.5. The molecule has 0 spiro atoms. The third kappa shape index (κ3) is 5.58. The van der Waals surface area contributed by atoms with E-state index in [9.17, 15) is 14.4 Å². The van der Waals surface area contributed by atoms with E-state index < -0.39 is 29.9 Å². The van der Waals surface area contributed by atoms with Crippen LogP contribution in [0.1, 0.15) is 45.1 Å². The van der Waals surface area contributed by atoms with Crippen LogP contribution in [0.5, 0.6) is 0 Å². The molecule has 2 rings (SSSR count). The van der Waals surface area contributed by atoms with Gasteiger partial charge in [-0.15, -0.1) is 0 Å². The summed E-state index contributed by atoms with van der Waals surface area (Å²) in [6.07, 6.45) is 1.87. The number of benzene rings is 1. The third-order valence-corrected chi connectivity index (χ3v) is 4.51. The Morgan fingerprint density at radius 3 is 2.23 bits per heavy atom. The molecule has 0 saturated heterocycles. The van der Waals surface area contributed by atoms with Crippen molar-refractivity contribution < 1.29 is 28.6 Å². The first-order valence-electron chi connectivity index (χ1n) is 9.10. The minimum absolute atomic E-state index is 0.178. The fraction of sp³-hybridized carbons (Fsp3) is 0.550. The molecule has 3 atom stereocenters. The predicted molar refractivity (Wildman–Crippen MR) is 93.9 cm³/mol. The van der Waals surface area contributed by atoms with Crippen molar-refractivity contribution in [1.29, 1.82) is 0 Å². The van der Waals surface area contributed by atoms with Crippen molar-refractivity contribution in [3.63, 3.8) is 0 Å². The minimum atomic E-state index is -0.981. The van der Waals surface area contributed by atoms with Crippen LogP contribution in [0.2, 0.25) is 0 Å². The van der Waals surface area contributed by atoms with Gasteiger partial charge in [-0.3, -0.25) is 9.59 Å². The van der Waals surface area contributed by atoms with Gasteiger partial charge in [0, 0.05) is 0 Å². The Morgan fingerprint density at radius 2 is 1.62 bits per heavy atom. The van der Waals surface area contributed by atoms with Crippen LogP contribution >= 0.6 is 0 Å². The number of ether oxygens (including phenoxy) is 3. The van der Waals surface area contributed by atoms with Gasteiger partial charge in [0.15, 0.2) is 6.10 Å². The molecule has 6 nitrogen and oxygen atoms in total. The van der Waals surface area contributed by atoms with Gasteiger partial charge in [0.25, 0.3) is 0 Å². The second kappa shape index (κ2) is 9.94. The zero-order valence-corrected chi connectivity index (χ0v) is 15.3. The highest BCUT2D eigenvalue weighted by Crippen LogP contribution is 2.32. The number of hydrogen-bond acceptors (Lipinski definition) is 6. The number of esters is 3. The van der Waals surface area contributed by atoms with Crippen molar-refractivity contribution in [3.05, 3.63) is 35.9 Å². The van der Waals surface area contributed by atoms with Crippen molar-refractivity contribution in [1.82, 2.24) is 0 Å². The summed E-state index contributed by atoms with van der Waals surface area (Å²) in [6, 6.07) is 9.40. The van der Waals surface area contributed by atoms with Gasteiger partial charge >= 0.3 is 17.9 Å². The summed E-state index contributed by atoms with van der Waals surface area (Å²) in [4.78, 5) is 36.6. The standard InChI is InChI=1S/C20H26O6/c1-3-24-18(21)14(2)26-20(23)17-12-8-7-11-16(17)19(22)25-13-15-9-5-4-6-10-15/h4-6,9-10,14,16-17H,3,7-8,11-13H2,1-2H3/t14?,16-,17+/m0/s1. The molecule has 1 saturated carbocycles. The number of carbonyl (C=O) groups excluding carboxylic acids is 3. The van der Waals surface area contributed by atoms with Crippen molar-refractivity contribution in [3.8, 4) is 0 Å². The van der Waals surface area contributed by atoms with E-state index in [1.807, 2.05) is 30.3 Å². The van der Waals surface area contributed by atoms with E-state index in [1.165, 1.54) is 6.92 Å². The predicted octanol–water partition coefficient (Wildman–Crippen LogP) is 3.03. The average Bonchev–Trinajstić information content (AvgIpc) is 2.67. The molecule has 0 aliphatic heterocycles. The smallest absolute Gasteiger partial charge is 0.347 e. The number of hydrogen-bond donors (Lipinski definition) is 0. The summed E-state index contributed by atoms with van der Waals surface area (Å²) in [6.45, 7) is 3.56. The molecule has 0 aromatic heterocycles. The maximum Gasteiger partial charge on any atom is 0.347 e. The van der Waals surface area contributed by atoms with E-state index in [2.05, 4.69) is 0 Å². The Labute approximate surface area is 153 Å². The molecule has 1 fully saturated rings. The molecule has 1 aromatic carbocycles. The summed E-state index contributed by atoms with van der Waals surface area (Å²) >= 11 is 0. The van der Waals surface area contributed by atoms with Gasteiger partial charge in [-0.2, -0.15) is 0 Å². The van der Waals surface area contributed by atoms with Crippen LogP contribution in [-0.2, 0) is 35.2 Å². The molecule has 0 N–H and O–H groups in total. The summed E-state index contributed by atoms with van der Waals surface area (Å²) in [5, 5.41) is 0. The Morgan fingerprint density at radius 1 is 1.00 bits per heavy atom. The van der Waals surface area contributed by atoms with Crippen molar-refractivity contribution in [2.75, 3.05) is 6.61 Å². The summed E-state index contributed by atoms with van der Waals surface area (Å²) in [5.74, 6) is -2.62. The maximum absolute atomic E-state index is 12.5. The van der Waals surface area contributed by atoms with E-state index in [0.29, 0.717) is 12.8 Å². The van der Waals surface area contributed by atoms with Crippen LogP contribution in [0.25, 0.3) is 0 Å². The molecular formula is C20H26O6. The van der Waals surface area contributed by atoms with Crippen LogP contribution in [0.4, 0.5) is 0 Å². The second-order valence-corrected chi connectivity index (χ2v) is 6.42.